The van der Waals surface area contributed by atoms with Crippen LogP contribution in [0.4, 0.5) is 20.6 Å². The van der Waals surface area contributed by atoms with E-state index < -0.39 is 18.0 Å². The second-order valence-electron chi connectivity index (χ2n) is 9.44. The number of aliphatic hydroxyl groups excluding tert-OH is 1. The molecule has 3 unspecified atom stereocenters. The van der Waals surface area contributed by atoms with Gasteiger partial charge in [-0.15, -0.1) is 0 Å². The summed E-state index contributed by atoms with van der Waals surface area (Å²) < 4.78 is 15.6. The van der Waals surface area contributed by atoms with Crippen LogP contribution in [-0.2, 0) is 4.79 Å². The number of nitrogens with one attached hydrogen (secondary N) is 1. The highest BCUT2D eigenvalue weighted by atomic mass is 19.1. The summed E-state index contributed by atoms with van der Waals surface area (Å²) in [5.41, 5.74) is 6.54. The minimum Gasteiger partial charge on any atom is -0.393 e. The number of amides is 3. The van der Waals surface area contributed by atoms with Crippen LogP contribution in [0.5, 0.6) is 0 Å². The molecule has 7 nitrogen and oxygen atoms in total. The van der Waals surface area contributed by atoms with Crippen molar-refractivity contribution in [3.8, 4) is 0 Å². The van der Waals surface area contributed by atoms with Crippen molar-refractivity contribution in [2.45, 2.75) is 59.2 Å². The third-order valence-corrected chi connectivity index (χ3v) is 7.08. The van der Waals surface area contributed by atoms with E-state index in [2.05, 4.69) is 19.3 Å². The molecule has 0 aliphatic carbocycles. The van der Waals surface area contributed by atoms with E-state index in [1.807, 2.05) is 31.2 Å². The number of rotatable bonds is 5. The zero-order chi connectivity index (χ0) is 24.7. The summed E-state index contributed by atoms with van der Waals surface area (Å²) in [5.74, 6) is -0.467. The number of hydrazine groups is 1. The molecule has 0 saturated carbocycles. The Morgan fingerprint density at radius 1 is 1.21 bits per heavy atom. The van der Waals surface area contributed by atoms with Crippen molar-refractivity contribution >= 4 is 23.3 Å². The average molecular weight is 469 g/mol. The fourth-order valence-corrected chi connectivity index (χ4v) is 5.34. The maximum atomic E-state index is 15.6. The van der Waals surface area contributed by atoms with Crippen molar-refractivity contribution in [1.29, 1.82) is 0 Å². The van der Waals surface area contributed by atoms with Crippen molar-refractivity contribution in [3.05, 3.63) is 58.9 Å². The lowest BCUT2D eigenvalue weighted by molar-refractivity contribution is -0.117. The first-order chi connectivity index (χ1) is 16.2. The molecule has 0 bridgehead atoms. The Hall–Kier alpha value is -2.97. The fraction of sp³-hybridized carbons (Fsp3) is 0.462. The van der Waals surface area contributed by atoms with Gasteiger partial charge in [0.15, 0.2) is 5.82 Å². The number of carbonyl (C=O) groups excluding carboxylic acids is 2. The number of halogens is 1. The van der Waals surface area contributed by atoms with Crippen LogP contribution in [0, 0.1) is 18.7 Å². The summed E-state index contributed by atoms with van der Waals surface area (Å²) in [6.07, 6.45) is 0.0787. The van der Waals surface area contributed by atoms with E-state index in [1.54, 1.807) is 17.9 Å². The van der Waals surface area contributed by atoms with E-state index >= 15 is 4.39 Å². The number of nitrogens with zero attached hydrogens (tertiary/aromatic N) is 3. The van der Waals surface area contributed by atoms with Crippen molar-refractivity contribution < 1.29 is 19.1 Å². The van der Waals surface area contributed by atoms with E-state index in [-0.39, 0.29) is 36.1 Å². The monoisotopic (exact) mass is 468 g/mol. The SMILES string of the molecule is CCN1C(=O)N(c2cc3c(cc2F)N(C(C)=O)C(c2ccccc2C)CC3C(C)C)NC1CO. The Bertz CT molecular complexity index is 1110. The summed E-state index contributed by atoms with van der Waals surface area (Å²) in [4.78, 5) is 29.0. The number of fused-ring (bicyclic) bond motifs is 1. The van der Waals surface area contributed by atoms with Gasteiger partial charge in [0, 0.05) is 19.5 Å². The van der Waals surface area contributed by atoms with Crippen LogP contribution in [0.2, 0.25) is 0 Å². The van der Waals surface area contributed by atoms with E-state index in [0.717, 1.165) is 16.7 Å². The molecule has 8 heteroatoms. The van der Waals surface area contributed by atoms with E-state index in [9.17, 15) is 14.7 Å². The summed E-state index contributed by atoms with van der Waals surface area (Å²) in [5, 5.41) is 10.8. The van der Waals surface area contributed by atoms with Gasteiger partial charge in [0.1, 0.15) is 6.17 Å². The highest BCUT2D eigenvalue weighted by Crippen LogP contribution is 2.49. The minimum atomic E-state index is -0.618. The summed E-state index contributed by atoms with van der Waals surface area (Å²) in [6.45, 7) is 9.68. The Balaban J connectivity index is 1.85. The topological polar surface area (TPSA) is 76.1 Å². The van der Waals surface area contributed by atoms with E-state index in [0.29, 0.717) is 18.7 Å². The Labute approximate surface area is 200 Å². The number of urea groups is 1. The number of hydrogen-bond donors (Lipinski definition) is 2. The lowest BCUT2D eigenvalue weighted by Crippen LogP contribution is -2.41. The standard InChI is InChI=1S/C26H33FN4O3/c1-6-29-25(14-32)28-31(26(29)34)24-12-20-19(15(2)3)11-22(18-10-8-7-9-16(18)4)30(17(5)33)23(20)13-21(24)27/h7-10,12-13,15,19,22,25,28,32H,6,11,14H2,1-5H3. The molecule has 1 saturated heterocycles. The van der Waals surface area contributed by atoms with Gasteiger partial charge < -0.3 is 14.9 Å². The normalized spacial score (nSPS) is 22.5. The Kier molecular flexibility index (Phi) is 6.64. The maximum Gasteiger partial charge on any atom is 0.340 e. The number of aliphatic hydroxyl groups is 1. The molecule has 2 aromatic rings. The van der Waals surface area contributed by atoms with Gasteiger partial charge in [-0.1, -0.05) is 38.1 Å². The van der Waals surface area contributed by atoms with Gasteiger partial charge in [-0.3, -0.25) is 4.79 Å². The number of benzene rings is 2. The number of carbonyl (C=O) groups is 2. The van der Waals surface area contributed by atoms with Gasteiger partial charge in [-0.05, 0) is 54.9 Å². The van der Waals surface area contributed by atoms with Gasteiger partial charge in [0.05, 0.1) is 24.0 Å². The third kappa shape index (κ3) is 3.95. The van der Waals surface area contributed by atoms with Crippen LogP contribution >= 0.6 is 0 Å². The van der Waals surface area contributed by atoms with Crippen molar-refractivity contribution in [2.75, 3.05) is 23.1 Å². The molecule has 3 atom stereocenters. The first-order valence-electron chi connectivity index (χ1n) is 11.9. The first kappa shape index (κ1) is 24.2. The summed E-state index contributed by atoms with van der Waals surface area (Å²) in [6, 6.07) is 10.4. The second-order valence-corrected chi connectivity index (χ2v) is 9.44. The molecule has 2 aliphatic rings. The van der Waals surface area contributed by atoms with Crippen molar-refractivity contribution in [2.24, 2.45) is 5.92 Å². The molecule has 2 heterocycles. The quantitative estimate of drug-likeness (QED) is 0.680. The highest BCUT2D eigenvalue weighted by molar-refractivity contribution is 5.97. The molecule has 2 N–H and O–H groups in total. The molecule has 4 rings (SSSR count). The van der Waals surface area contributed by atoms with Crippen LogP contribution in [-0.4, -0.2) is 41.3 Å². The summed E-state index contributed by atoms with van der Waals surface area (Å²) in [7, 11) is 0. The molecule has 182 valence electrons. The van der Waals surface area contributed by atoms with Crippen LogP contribution in [0.15, 0.2) is 36.4 Å². The maximum absolute atomic E-state index is 15.6. The van der Waals surface area contributed by atoms with Crippen LogP contribution in [0.25, 0.3) is 0 Å². The Morgan fingerprint density at radius 2 is 1.91 bits per heavy atom. The fourth-order valence-electron chi connectivity index (χ4n) is 5.34. The molecule has 3 amide bonds. The zero-order valence-electron chi connectivity index (χ0n) is 20.4. The predicted octanol–water partition coefficient (Wildman–Crippen LogP) is 4.46. The van der Waals surface area contributed by atoms with Crippen molar-refractivity contribution in [1.82, 2.24) is 10.3 Å². The number of aryl methyl sites for hydroxylation is 1. The average Bonchev–Trinajstić information content (AvgIpc) is 3.12. The number of anilines is 2. The van der Waals surface area contributed by atoms with Crippen LogP contribution in [0.1, 0.15) is 62.8 Å². The van der Waals surface area contributed by atoms with Gasteiger partial charge in [-0.2, -0.15) is 0 Å². The number of likely N-dealkylation sites (N-methyl/N-ethyl adjacent to an activating group) is 1. The van der Waals surface area contributed by atoms with Crippen molar-refractivity contribution in [3.63, 3.8) is 0 Å². The van der Waals surface area contributed by atoms with Gasteiger partial charge in [0.25, 0.3) is 0 Å². The van der Waals surface area contributed by atoms with Gasteiger partial charge in [0.2, 0.25) is 5.91 Å². The molecule has 34 heavy (non-hydrogen) atoms. The Morgan fingerprint density at radius 3 is 2.47 bits per heavy atom. The largest absolute Gasteiger partial charge is 0.393 e. The first-order valence-corrected chi connectivity index (χ1v) is 11.9. The number of hydrogen-bond acceptors (Lipinski definition) is 4. The second kappa shape index (κ2) is 9.35. The molecule has 0 aromatic heterocycles. The molecular formula is C26H33FN4O3. The van der Waals surface area contributed by atoms with Crippen LogP contribution < -0.4 is 15.3 Å². The lowest BCUT2D eigenvalue weighted by atomic mass is 9.76. The zero-order valence-corrected chi connectivity index (χ0v) is 20.4. The molecule has 0 radical (unpaired) electrons. The van der Waals surface area contributed by atoms with Gasteiger partial charge >= 0.3 is 6.03 Å². The molecule has 1 fully saturated rings. The van der Waals surface area contributed by atoms with Crippen LogP contribution in [0.3, 0.4) is 0 Å². The summed E-state index contributed by atoms with van der Waals surface area (Å²) >= 11 is 0. The molecule has 2 aliphatic heterocycles. The van der Waals surface area contributed by atoms with E-state index in [1.165, 1.54) is 22.9 Å². The minimum absolute atomic E-state index is 0.0585. The third-order valence-electron chi connectivity index (χ3n) is 7.08. The van der Waals surface area contributed by atoms with E-state index in [4.69, 9.17) is 0 Å². The molecule has 2 aromatic carbocycles. The molecular weight excluding hydrogens is 435 g/mol. The molecule has 0 spiro atoms. The smallest absolute Gasteiger partial charge is 0.340 e. The lowest BCUT2D eigenvalue weighted by Gasteiger charge is -2.43. The predicted molar refractivity (Wildman–Crippen MR) is 130 cm³/mol. The highest BCUT2D eigenvalue weighted by Gasteiger charge is 2.41. The van der Waals surface area contributed by atoms with Gasteiger partial charge in [-0.25, -0.2) is 19.6 Å².